The highest BCUT2D eigenvalue weighted by molar-refractivity contribution is 5.92. The van der Waals surface area contributed by atoms with Gasteiger partial charge in [0.15, 0.2) is 0 Å². The predicted octanol–water partition coefficient (Wildman–Crippen LogP) is 4.24. The maximum Gasteiger partial charge on any atom is 0.387 e. The zero-order valence-corrected chi connectivity index (χ0v) is 15.0. The fraction of sp³-hybridized carbons (Fsp3) is 0.316. The molecule has 1 atom stereocenters. The fourth-order valence-corrected chi connectivity index (χ4v) is 2.45. The maximum atomic E-state index is 12.5. The van der Waals surface area contributed by atoms with Gasteiger partial charge in [0.25, 0.3) is 0 Å². The average Bonchev–Trinajstić information content (AvgIpc) is 2.62. The molecular formula is C19H23F2N3O2. The molecule has 0 fully saturated rings. The number of carbonyl (C=O) groups excluding carboxylic acids is 1. The molecule has 0 bridgehead atoms. The monoisotopic (exact) mass is 363 g/mol. The summed E-state index contributed by atoms with van der Waals surface area (Å²) in [6.07, 6.45) is 0. The van der Waals surface area contributed by atoms with E-state index in [0.29, 0.717) is 12.1 Å². The van der Waals surface area contributed by atoms with E-state index in [9.17, 15) is 13.6 Å². The number of amides is 2. The Morgan fingerprint density at radius 1 is 1.15 bits per heavy atom. The van der Waals surface area contributed by atoms with Crippen molar-refractivity contribution in [2.45, 2.75) is 26.5 Å². The first-order chi connectivity index (χ1) is 12.4. The van der Waals surface area contributed by atoms with Crippen LogP contribution >= 0.6 is 0 Å². The van der Waals surface area contributed by atoms with Crippen LogP contribution in [-0.2, 0) is 0 Å². The summed E-state index contributed by atoms with van der Waals surface area (Å²) < 4.78 is 29.5. The van der Waals surface area contributed by atoms with Crippen LogP contribution in [0.15, 0.2) is 48.5 Å². The number of carbonyl (C=O) groups is 1. The first-order valence-electron chi connectivity index (χ1n) is 8.25. The highest BCUT2D eigenvalue weighted by Crippen LogP contribution is 2.29. The highest BCUT2D eigenvalue weighted by atomic mass is 19.3. The van der Waals surface area contributed by atoms with E-state index in [1.165, 1.54) is 6.07 Å². The van der Waals surface area contributed by atoms with Crippen molar-refractivity contribution in [3.05, 3.63) is 54.1 Å². The molecular weight excluding hydrogens is 340 g/mol. The van der Waals surface area contributed by atoms with Gasteiger partial charge in [0.1, 0.15) is 5.75 Å². The third-order valence-corrected chi connectivity index (χ3v) is 4.07. The number of likely N-dealkylation sites (N-methyl/N-ethyl adjacent to an activating group) is 1. The number of ether oxygens (including phenoxy) is 1. The van der Waals surface area contributed by atoms with Crippen LogP contribution in [0.2, 0.25) is 0 Å². The average molecular weight is 363 g/mol. The van der Waals surface area contributed by atoms with E-state index in [-0.39, 0.29) is 17.5 Å². The van der Waals surface area contributed by atoms with Crippen molar-refractivity contribution >= 4 is 17.4 Å². The SMILES string of the molecule is Cc1cccc(OC(F)F)c1NC(=O)NCC(C)N(C)c1ccccc1. The number of hydrogen-bond acceptors (Lipinski definition) is 3. The molecule has 0 radical (unpaired) electrons. The number of hydrogen-bond donors (Lipinski definition) is 2. The summed E-state index contributed by atoms with van der Waals surface area (Å²) in [5, 5.41) is 5.35. The second-order valence-corrected chi connectivity index (χ2v) is 5.96. The second-order valence-electron chi connectivity index (χ2n) is 5.96. The number of halogens is 2. The number of benzene rings is 2. The predicted molar refractivity (Wildman–Crippen MR) is 99.1 cm³/mol. The third kappa shape index (κ3) is 5.34. The maximum absolute atomic E-state index is 12.5. The molecule has 0 aliphatic carbocycles. The first-order valence-corrected chi connectivity index (χ1v) is 8.25. The first kappa shape index (κ1) is 19.5. The topological polar surface area (TPSA) is 53.6 Å². The largest absolute Gasteiger partial charge is 0.433 e. The van der Waals surface area contributed by atoms with Crippen molar-refractivity contribution in [2.75, 3.05) is 23.8 Å². The van der Waals surface area contributed by atoms with Crippen molar-refractivity contribution in [3.8, 4) is 5.75 Å². The Morgan fingerprint density at radius 2 is 1.85 bits per heavy atom. The van der Waals surface area contributed by atoms with E-state index in [4.69, 9.17) is 0 Å². The number of alkyl halides is 2. The molecule has 2 aromatic carbocycles. The van der Waals surface area contributed by atoms with Crippen molar-refractivity contribution in [3.63, 3.8) is 0 Å². The zero-order chi connectivity index (χ0) is 19.1. The van der Waals surface area contributed by atoms with Gasteiger partial charge < -0.3 is 20.3 Å². The van der Waals surface area contributed by atoms with E-state index in [2.05, 4.69) is 15.4 Å². The van der Waals surface area contributed by atoms with Crippen LogP contribution in [-0.4, -0.2) is 32.3 Å². The highest BCUT2D eigenvalue weighted by Gasteiger charge is 2.15. The lowest BCUT2D eigenvalue weighted by Gasteiger charge is -2.27. The smallest absolute Gasteiger partial charge is 0.387 e. The molecule has 0 heterocycles. The van der Waals surface area contributed by atoms with Gasteiger partial charge in [0, 0.05) is 25.3 Å². The number of nitrogens with zero attached hydrogens (tertiary/aromatic N) is 1. The molecule has 0 spiro atoms. The molecule has 7 heteroatoms. The summed E-state index contributed by atoms with van der Waals surface area (Å²) >= 11 is 0. The van der Waals surface area contributed by atoms with Gasteiger partial charge in [0.05, 0.1) is 5.69 Å². The van der Waals surface area contributed by atoms with Crippen LogP contribution in [0.3, 0.4) is 0 Å². The molecule has 0 aliphatic heterocycles. The lowest BCUT2D eigenvalue weighted by atomic mass is 10.2. The van der Waals surface area contributed by atoms with Gasteiger partial charge in [-0.1, -0.05) is 30.3 Å². The van der Waals surface area contributed by atoms with Gasteiger partial charge in [-0.15, -0.1) is 0 Å². The van der Waals surface area contributed by atoms with Crippen LogP contribution in [0.5, 0.6) is 5.75 Å². The van der Waals surface area contributed by atoms with Gasteiger partial charge in [0.2, 0.25) is 0 Å². The van der Waals surface area contributed by atoms with Gasteiger partial charge in [-0.25, -0.2) is 4.79 Å². The van der Waals surface area contributed by atoms with E-state index < -0.39 is 12.6 Å². The Morgan fingerprint density at radius 3 is 2.50 bits per heavy atom. The molecule has 2 amide bonds. The number of aryl methyl sites for hydroxylation is 1. The molecule has 5 nitrogen and oxygen atoms in total. The summed E-state index contributed by atoms with van der Waals surface area (Å²) in [5.41, 5.74) is 1.90. The van der Waals surface area contributed by atoms with Crippen LogP contribution in [0.4, 0.5) is 25.0 Å². The Labute approximate surface area is 152 Å². The minimum absolute atomic E-state index is 0.0387. The fourth-order valence-electron chi connectivity index (χ4n) is 2.45. The lowest BCUT2D eigenvalue weighted by molar-refractivity contribution is -0.0493. The Bertz CT molecular complexity index is 726. The Kier molecular flexibility index (Phi) is 6.77. The number of nitrogens with one attached hydrogen (secondary N) is 2. The van der Waals surface area contributed by atoms with E-state index in [0.717, 1.165) is 5.69 Å². The zero-order valence-electron chi connectivity index (χ0n) is 15.0. The molecule has 0 saturated heterocycles. The number of urea groups is 1. The van der Waals surface area contributed by atoms with Gasteiger partial charge in [-0.3, -0.25) is 0 Å². The second kappa shape index (κ2) is 9.03. The minimum Gasteiger partial charge on any atom is -0.433 e. The molecule has 2 rings (SSSR count). The summed E-state index contributed by atoms with van der Waals surface area (Å²) in [4.78, 5) is 14.2. The molecule has 0 aromatic heterocycles. The Balaban J connectivity index is 1.95. The molecule has 1 unspecified atom stereocenters. The van der Waals surface area contributed by atoms with Gasteiger partial charge in [-0.05, 0) is 37.6 Å². The van der Waals surface area contributed by atoms with Crippen molar-refractivity contribution in [1.29, 1.82) is 0 Å². The summed E-state index contributed by atoms with van der Waals surface area (Å²) in [7, 11) is 1.94. The molecule has 2 N–H and O–H groups in total. The normalized spacial score (nSPS) is 11.8. The van der Waals surface area contributed by atoms with Crippen molar-refractivity contribution in [2.24, 2.45) is 0 Å². The lowest BCUT2D eigenvalue weighted by Crippen LogP contribution is -2.41. The van der Waals surface area contributed by atoms with Gasteiger partial charge in [-0.2, -0.15) is 8.78 Å². The molecule has 0 aliphatic rings. The Hall–Kier alpha value is -2.83. The summed E-state index contributed by atoms with van der Waals surface area (Å²) in [5.74, 6) is -0.0652. The van der Waals surface area contributed by atoms with Crippen LogP contribution in [0.25, 0.3) is 0 Å². The van der Waals surface area contributed by atoms with Crippen molar-refractivity contribution < 1.29 is 18.3 Å². The van der Waals surface area contributed by atoms with Crippen LogP contribution < -0.4 is 20.3 Å². The minimum atomic E-state index is -2.96. The molecule has 140 valence electrons. The summed E-state index contributed by atoms with van der Waals surface area (Å²) in [6, 6.07) is 14.0. The summed E-state index contributed by atoms with van der Waals surface area (Å²) in [6.45, 7) is 1.11. The van der Waals surface area contributed by atoms with E-state index in [1.54, 1.807) is 19.1 Å². The molecule has 2 aromatic rings. The van der Waals surface area contributed by atoms with Gasteiger partial charge >= 0.3 is 12.6 Å². The number of para-hydroxylation sites is 2. The number of rotatable bonds is 7. The third-order valence-electron chi connectivity index (χ3n) is 4.07. The molecule has 26 heavy (non-hydrogen) atoms. The van der Waals surface area contributed by atoms with E-state index in [1.807, 2.05) is 49.2 Å². The standard InChI is InChI=1S/C19H23F2N3O2/c1-13-8-7-11-16(26-18(20)21)17(13)23-19(25)22-12-14(2)24(3)15-9-5-4-6-10-15/h4-11,14,18H,12H2,1-3H3,(H2,22,23,25). The van der Waals surface area contributed by atoms with Crippen molar-refractivity contribution in [1.82, 2.24) is 5.32 Å². The van der Waals surface area contributed by atoms with Crippen LogP contribution in [0, 0.1) is 6.92 Å². The van der Waals surface area contributed by atoms with E-state index >= 15 is 0 Å². The molecule has 0 saturated carbocycles. The number of anilines is 2. The van der Waals surface area contributed by atoms with Crippen LogP contribution in [0.1, 0.15) is 12.5 Å². The quantitative estimate of drug-likeness (QED) is 0.774.